The van der Waals surface area contributed by atoms with Crippen molar-refractivity contribution in [2.45, 2.75) is 6.42 Å². The highest BCUT2D eigenvalue weighted by atomic mass is 35.5. The first kappa shape index (κ1) is 14.7. The van der Waals surface area contributed by atoms with E-state index in [1.807, 2.05) is 24.1 Å². The largest absolute Gasteiger partial charge is 0.372 e. The fraction of sp³-hybridized carbons (Fsp3) is 0.308. The average molecular weight is 312 g/mol. The molecule has 1 aromatic carbocycles. The maximum Gasteiger partial charge on any atom is 0.254 e. The predicted molar refractivity (Wildman–Crippen MR) is 83.5 cm³/mol. The van der Waals surface area contributed by atoms with Gasteiger partial charge in [-0.05, 0) is 30.7 Å². The van der Waals surface area contributed by atoms with Crippen molar-refractivity contribution < 1.29 is 4.92 Å². The zero-order chi connectivity index (χ0) is 14.7. The van der Waals surface area contributed by atoms with Crippen molar-refractivity contribution in [3.05, 3.63) is 51.3 Å². The molecule has 1 heterocycles. The summed E-state index contributed by atoms with van der Waals surface area (Å²) in [7, 11) is 1.83. The first-order valence-corrected chi connectivity index (χ1v) is 6.89. The Kier molecular flexibility index (Phi) is 4.57. The van der Waals surface area contributed by atoms with Gasteiger partial charge in [0.15, 0.2) is 0 Å². The molecule has 1 N–H and O–H groups in total. The molecule has 0 amide bonds. The molecule has 5 nitrogen and oxygen atoms in total. The third-order valence-electron chi connectivity index (χ3n) is 3.22. The summed E-state index contributed by atoms with van der Waals surface area (Å²) in [6.07, 6.45) is 1.81. The summed E-state index contributed by atoms with van der Waals surface area (Å²) in [6, 6.07) is 7.18. The number of anilines is 1. The Morgan fingerprint density at radius 2 is 2.20 bits per heavy atom. The number of nitro groups is 1. The van der Waals surface area contributed by atoms with E-state index in [1.165, 1.54) is 0 Å². The number of nitrogens with one attached hydrogen (secondary N) is 1. The standard InChI is InChI=1S/C13H14ClN3O2S/c1-16-7-6-11(12(16)8-17(18)19)13(20)15-10-4-2-9(14)3-5-10/h2-5,8,11H,6-7H2,1H3,(H,15,20)/b12-8+. The predicted octanol–water partition coefficient (Wildman–Crippen LogP) is 3.15. The van der Waals surface area contributed by atoms with Crippen LogP contribution in [-0.4, -0.2) is 28.4 Å². The molecule has 1 aliphatic rings. The van der Waals surface area contributed by atoms with Crippen LogP contribution in [0.4, 0.5) is 5.69 Å². The van der Waals surface area contributed by atoms with E-state index in [2.05, 4.69) is 5.32 Å². The van der Waals surface area contributed by atoms with Crippen LogP contribution in [0.3, 0.4) is 0 Å². The third kappa shape index (κ3) is 3.46. The lowest BCUT2D eigenvalue weighted by molar-refractivity contribution is -0.404. The smallest absolute Gasteiger partial charge is 0.254 e. The molecule has 0 radical (unpaired) electrons. The first-order chi connectivity index (χ1) is 9.47. The Bertz CT molecular complexity index is 559. The Morgan fingerprint density at radius 1 is 1.55 bits per heavy atom. The zero-order valence-electron chi connectivity index (χ0n) is 10.9. The topological polar surface area (TPSA) is 58.4 Å². The van der Waals surface area contributed by atoms with E-state index in [4.69, 9.17) is 23.8 Å². The molecule has 106 valence electrons. The van der Waals surface area contributed by atoms with E-state index in [-0.39, 0.29) is 5.92 Å². The lowest BCUT2D eigenvalue weighted by Crippen LogP contribution is -2.23. The maximum atomic E-state index is 10.7. The second-order valence-electron chi connectivity index (χ2n) is 4.60. The van der Waals surface area contributed by atoms with E-state index in [0.717, 1.165) is 24.9 Å². The molecule has 7 heteroatoms. The van der Waals surface area contributed by atoms with Crippen LogP contribution in [0.25, 0.3) is 0 Å². The highest BCUT2D eigenvalue weighted by Crippen LogP contribution is 2.28. The van der Waals surface area contributed by atoms with Crippen molar-refractivity contribution >= 4 is 34.5 Å². The average Bonchev–Trinajstić information content (AvgIpc) is 2.73. The number of thiocarbonyl (C=S) groups is 1. The molecular formula is C13H14ClN3O2S. The van der Waals surface area contributed by atoms with Gasteiger partial charge < -0.3 is 10.2 Å². The molecule has 2 rings (SSSR count). The van der Waals surface area contributed by atoms with Crippen LogP contribution in [0, 0.1) is 16.0 Å². The maximum absolute atomic E-state index is 10.7. The van der Waals surface area contributed by atoms with E-state index in [0.29, 0.717) is 15.7 Å². The van der Waals surface area contributed by atoms with E-state index in [9.17, 15) is 10.1 Å². The Morgan fingerprint density at radius 3 is 2.80 bits per heavy atom. The van der Waals surface area contributed by atoms with Crippen LogP contribution in [-0.2, 0) is 0 Å². The van der Waals surface area contributed by atoms with Gasteiger partial charge in [-0.1, -0.05) is 23.8 Å². The van der Waals surface area contributed by atoms with Crippen LogP contribution >= 0.6 is 23.8 Å². The highest BCUT2D eigenvalue weighted by Gasteiger charge is 2.31. The van der Waals surface area contributed by atoms with Gasteiger partial charge >= 0.3 is 0 Å². The van der Waals surface area contributed by atoms with Crippen molar-refractivity contribution in [2.75, 3.05) is 18.9 Å². The molecule has 0 spiro atoms. The zero-order valence-corrected chi connectivity index (χ0v) is 12.4. The van der Waals surface area contributed by atoms with Crippen LogP contribution in [0.5, 0.6) is 0 Å². The van der Waals surface area contributed by atoms with E-state index >= 15 is 0 Å². The molecule has 1 aromatic rings. The number of likely N-dealkylation sites (tertiary alicyclic amines) is 1. The van der Waals surface area contributed by atoms with Crippen molar-refractivity contribution in [1.82, 2.24) is 4.90 Å². The summed E-state index contributed by atoms with van der Waals surface area (Å²) >= 11 is 11.2. The fourth-order valence-corrected chi connectivity index (χ4v) is 2.67. The van der Waals surface area contributed by atoms with Gasteiger partial charge in [0.2, 0.25) is 0 Å². The lowest BCUT2D eigenvalue weighted by Gasteiger charge is -2.17. The molecule has 1 unspecified atom stereocenters. The monoisotopic (exact) mass is 311 g/mol. The van der Waals surface area contributed by atoms with Crippen LogP contribution < -0.4 is 5.32 Å². The molecule has 0 bridgehead atoms. The van der Waals surface area contributed by atoms with Gasteiger partial charge in [-0.15, -0.1) is 0 Å². The van der Waals surface area contributed by atoms with Gasteiger partial charge in [-0.3, -0.25) is 10.1 Å². The Labute approximate surface area is 127 Å². The van der Waals surface area contributed by atoms with Gasteiger partial charge in [0, 0.05) is 24.3 Å². The molecule has 20 heavy (non-hydrogen) atoms. The third-order valence-corrected chi connectivity index (χ3v) is 3.86. The highest BCUT2D eigenvalue weighted by molar-refractivity contribution is 7.80. The van der Waals surface area contributed by atoms with Gasteiger partial charge in [-0.2, -0.15) is 0 Å². The SMILES string of the molecule is CN1CCC(C(=S)Nc2ccc(Cl)cc2)/C1=C\[N+](=O)[O-]. The number of halogens is 1. The number of hydrogen-bond acceptors (Lipinski definition) is 4. The van der Waals surface area contributed by atoms with Gasteiger partial charge in [0.25, 0.3) is 6.20 Å². The normalized spacial score (nSPS) is 20.2. The van der Waals surface area contributed by atoms with Gasteiger partial charge in [0.1, 0.15) is 0 Å². The summed E-state index contributed by atoms with van der Waals surface area (Å²) in [5.74, 6) is -0.129. The first-order valence-electron chi connectivity index (χ1n) is 6.10. The second kappa shape index (κ2) is 6.19. The molecule has 1 saturated heterocycles. The molecular weight excluding hydrogens is 298 g/mol. The number of hydrogen-bond donors (Lipinski definition) is 1. The number of nitrogens with zero attached hydrogens (tertiary/aromatic N) is 2. The lowest BCUT2D eigenvalue weighted by atomic mass is 10.1. The van der Waals surface area contributed by atoms with Crippen LogP contribution in [0.2, 0.25) is 5.02 Å². The van der Waals surface area contributed by atoms with Crippen molar-refractivity contribution in [3.63, 3.8) is 0 Å². The van der Waals surface area contributed by atoms with Crippen LogP contribution in [0.15, 0.2) is 36.2 Å². The summed E-state index contributed by atoms with van der Waals surface area (Å²) in [6.45, 7) is 0.757. The quantitative estimate of drug-likeness (QED) is 0.528. The summed E-state index contributed by atoms with van der Waals surface area (Å²) < 4.78 is 0. The minimum Gasteiger partial charge on any atom is -0.372 e. The van der Waals surface area contributed by atoms with E-state index < -0.39 is 4.92 Å². The van der Waals surface area contributed by atoms with Crippen molar-refractivity contribution in [1.29, 1.82) is 0 Å². The molecule has 0 aliphatic carbocycles. The van der Waals surface area contributed by atoms with Gasteiger partial charge in [-0.25, -0.2) is 0 Å². The molecule has 1 atom stereocenters. The summed E-state index contributed by atoms with van der Waals surface area (Å²) in [5, 5.41) is 14.5. The van der Waals surface area contributed by atoms with E-state index in [1.54, 1.807) is 12.1 Å². The van der Waals surface area contributed by atoms with Crippen molar-refractivity contribution in [2.24, 2.45) is 5.92 Å². The second-order valence-corrected chi connectivity index (χ2v) is 5.47. The van der Waals surface area contributed by atoms with Gasteiger partial charge in [0.05, 0.1) is 21.5 Å². The Balaban J connectivity index is 2.12. The fourth-order valence-electron chi connectivity index (χ4n) is 2.19. The minimum atomic E-state index is -0.435. The molecule has 0 aromatic heterocycles. The molecule has 0 saturated carbocycles. The van der Waals surface area contributed by atoms with Crippen LogP contribution in [0.1, 0.15) is 6.42 Å². The number of rotatable bonds is 3. The number of benzene rings is 1. The Hall–Kier alpha value is -1.66. The minimum absolute atomic E-state index is 0.129. The molecule has 1 fully saturated rings. The summed E-state index contributed by atoms with van der Waals surface area (Å²) in [5.41, 5.74) is 1.47. The molecule has 1 aliphatic heterocycles. The van der Waals surface area contributed by atoms with Crippen molar-refractivity contribution in [3.8, 4) is 0 Å². The summed E-state index contributed by atoms with van der Waals surface area (Å²) in [4.78, 5) is 12.7.